The van der Waals surface area contributed by atoms with E-state index in [1.165, 1.54) is 17.9 Å². The van der Waals surface area contributed by atoms with Gasteiger partial charge in [-0.15, -0.1) is 0 Å². The van der Waals surface area contributed by atoms with E-state index in [-0.39, 0.29) is 11.9 Å². The topological polar surface area (TPSA) is 87.6 Å². The smallest absolute Gasteiger partial charge is 0.204 e. The Morgan fingerprint density at radius 2 is 2.57 bits per heavy atom. The molecule has 0 aromatic carbocycles. The van der Waals surface area contributed by atoms with Crippen LogP contribution in [-0.2, 0) is 0 Å². The van der Waals surface area contributed by atoms with Crippen LogP contribution in [0.25, 0.3) is 0 Å². The summed E-state index contributed by atoms with van der Waals surface area (Å²) in [4.78, 5) is 6.00. The molecule has 0 bridgehead atoms. The monoisotopic (exact) mass is 215 g/mol. The standard InChI is InChI=1S/C7H13N5OS/c1-5(3-6(8)11-13)12(2)7-9-4-10-14-7/h4-5,13H,3H2,1-2H3,(H2,8,11). The summed E-state index contributed by atoms with van der Waals surface area (Å²) in [5.41, 5.74) is 5.41. The Hall–Kier alpha value is -1.37. The van der Waals surface area contributed by atoms with Gasteiger partial charge < -0.3 is 15.8 Å². The van der Waals surface area contributed by atoms with Crippen LogP contribution in [-0.4, -0.2) is 33.5 Å². The van der Waals surface area contributed by atoms with E-state index in [1.54, 1.807) is 0 Å². The molecular weight excluding hydrogens is 202 g/mol. The van der Waals surface area contributed by atoms with Gasteiger partial charge in [-0.3, -0.25) is 0 Å². The van der Waals surface area contributed by atoms with Crippen LogP contribution >= 0.6 is 11.5 Å². The second-order valence-electron chi connectivity index (χ2n) is 2.98. The van der Waals surface area contributed by atoms with Gasteiger partial charge in [-0.25, -0.2) is 4.98 Å². The Kier molecular flexibility index (Phi) is 3.63. The summed E-state index contributed by atoms with van der Waals surface area (Å²) in [6.45, 7) is 1.97. The van der Waals surface area contributed by atoms with Crippen LogP contribution in [0, 0.1) is 0 Å². The Bertz CT molecular complexity index is 299. The fraction of sp³-hybridized carbons (Fsp3) is 0.571. The molecule has 7 heteroatoms. The molecule has 0 fully saturated rings. The SMILES string of the molecule is CC(CC(N)=NO)N(C)c1ncns1. The van der Waals surface area contributed by atoms with Gasteiger partial charge >= 0.3 is 0 Å². The Labute approximate surface area is 86.2 Å². The van der Waals surface area contributed by atoms with Gasteiger partial charge in [0.05, 0.1) is 0 Å². The minimum absolute atomic E-state index is 0.124. The predicted molar refractivity (Wildman–Crippen MR) is 55.8 cm³/mol. The fourth-order valence-electron chi connectivity index (χ4n) is 0.992. The van der Waals surface area contributed by atoms with Gasteiger partial charge in [0.15, 0.2) is 0 Å². The summed E-state index contributed by atoms with van der Waals surface area (Å²) in [5, 5.41) is 12.2. The van der Waals surface area contributed by atoms with Crippen LogP contribution in [0.5, 0.6) is 0 Å². The lowest BCUT2D eigenvalue weighted by Gasteiger charge is -2.22. The minimum Gasteiger partial charge on any atom is -0.409 e. The van der Waals surface area contributed by atoms with Crippen molar-refractivity contribution in [2.75, 3.05) is 11.9 Å². The molecule has 1 unspecified atom stereocenters. The molecule has 0 amide bonds. The molecule has 3 N–H and O–H groups in total. The Morgan fingerprint density at radius 3 is 3.07 bits per heavy atom. The maximum atomic E-state index is 8.42. The lowest BCUT2D eigenvalue weighted by Crippen LogP contribution is -2.33. The Balaban J connectivity index is 2.57. The molecule has 6 nitrogen and oxygen atoms in total. The van der Waals surface area contributed by atoms with Gasteiger partial charge in [0.1, 0.15) is 12.2 Å². The van der Waals surface area contributed by atoms with Crippen molar-refractivity contribution in [1.29, 1.82) is 0 Å². The molecule has 0 aliphatic rings. The largest absolute Gasteiger partial charge is 0.409 e. The van der Waals surface area contributed by atoms with Gasteiger partial charge in [0, 0.05) is 31.0 Å². The molecule has 1 aromatic heterocycles. The first kappa shape index (κ1) is 10.7. The molecular formula is C7H13N5OS. The average Bonchev–Trinajstić information content (AvgIpc) is 2.69. The van der Waals surface area contributed by atoms with E-state index in [4.69, 9.17) is 10.9 Å². The quantitative estimate of drug-likeness (QED) is 0.330. The summed E-state index contributed by atoms with van der Waals surface area (Å²) < 4.78 is 3.90. The van der Waals surface area contributed by atoms with E-state index in [0.29, 0.717) is 6.42 Å². The molecule has 0 saturated carbocycles. The molecule has 1 heterocycles. The van der Waals surface area contributed by atoms with Crippen molar-refractivity contribution in [2.45, 2.75) is 19.4 Å². The van der Waals surface area contributed by atoms with Crippen LogP contribution in [0.15, 0.2) is 11.5 Å². The number of rotatable bonds is 4. The van der Waals surface area contributed by atoms with E-state index in [9.17, 15) is 0 Å². The van der Waals surface area contributed by atoms with Crippen molar-refractivity contribution in [3.63, 3.8) is 0 Å². The van der Waals surface area contributed by atoms with Crippen LogP contribution in [0.1, 0.15) is 13.3 Å². The Morgan fingerprint density at radius 1 is 1.86 bits per heavy atom. The number of hydrogen-bond acceptors (Lipinski definition) is 6. The van der Waals surface area contributed by atoms with E-state index in [1.807, 2.05) is 18.9 Å². The molecule has 78 valence electrons. The molecule has 14 heavy (non-hydrogen) atoms. The number of anilines is 1. The van der Waals surface area contributed by atoms with Crippen molar-refractivity contribution in [3.05, 3.63) is 6.33 Å². The summed E-state index contributed by atoms with van der Waals surface area (Å²) in [6.07, 6.45) is 2.00. The van der Waals surface area contributed by atoms with E-state index in [2.05, 4.69) is 14.5 Å². The number of nitrogens with zero attached hydrogens (tertiary/aromatic N) is 4. The maximum absolute atomic E-state index is 8.42. The second kappa shape index (κ2) is 4.75. The van der Waals surface area contributed by atoms with Crippen molar-refractivity contribution in [2.24, 2.45) is 10.9 Å². The molecule has 0 aliphatic carbocycles. The zero-order valence-corrected chi connectivity index (χ0v) is 8.90. The lowest BCUT2D eigenvalue weighted by atomic mass is 10.2. The highest BCUT2D eigenvalue weighted by Gasteiger charge is 2.13. The third-order valence-electron chi connectivity index (χ3n) is 1.95. The van der Waals surface area contributed by atoms with Gasteiger partial charge in [0.2, 0.25) is 5.13 Å². The normalized spacial score (nSPS) is 14.0. The first-order valence-corrected chi connectivity index (χ1v) is 4.88. The summed E-state index contributed by atoms with van der Waals surface area (Å²) >= 11 is 1.32. The zero-order valence-electron chi connectivity index (χ0n) is 8.08. The van der Waals surface area contributed by atoms with E-state index in [0.717, 1.165) is 5.13 Å². The highest BCUT2D eigenvalue weighted by Crippen LogP contribution is 2.16. The lowest BCUT2D eigenvalue weighted by molar-refractivity contribution is 0.316. The highest BCUT2D eigenvalue weighted by atomic mass is 32.1. The van der Waals surface area contributed by atoms with E-state index < -0.39 is 0 Å². The van der Waals surface area contributed by atoms with Crippen molar-refractivity contribution in [1.82, 2.24) is 9.36 Å². The van der Waals surface area contributed by atoms with Gasteiger partial charge in [0.25, 0.3) is 0 Å². The zero-order chi connectivity index (χ0) is 10.6. The van der Waals surface area contributed by atoms with Crippen molar-refractivity contribution < 1.29 is 5.21 Å². The third kappa shape index (κ3) is 2.56. The maximum Gasteiger partial charge on any atom is 0.204 e. The predicted octanol–water partition coefficient (Wildman–Crippen LogP) is 0.499. The summed E-state index contributed by atoms with van der Waals surface area (Å²) in [5.74, 6) is 0.217. The van der Waals surface area contributed by atoms with Crippen molar-refractivity contribution >= 4 is 22.5 Å². The molecule has 0 radical (unpaired) electrons. The molecule has 0 aliphatic heterocycles. The first-order valence-electron chi connectivity index (χ1n) is 4.11. The van der Waals surface area contributed by atoms with Crippen LogP contribution in [0.4, 0.5) is 5.13 Å². The van der Waals surface area contributed by atoms with Gasteiger partial charge in [-0.1, -0.05) is 5.16 Å². The average molecular weight is 215 g/mol. The molecule has 1 aromatic rings. The fourth-order valence-corrected chi connectivity index (χ4v) is 1.58. The van der Waals surface area contributed by atoms with Gasteiger partial charge in [-0.05, 0) is 6.92 Å². The van der Waals surface area contributed by atoms with Gasteiger partial charge in [-0.2, -0.15) is 4.37 Å². The van der Waals surface area contributed by atoms with Crippen LogP contribution in [0.2, 0.25) is 0 Å². The third-order valence-corrected chi connectivity index (χ3v) is 2.70. The number of nitrogens with two attached hydrogens (primary N) is 1. The molecule has 0 spiro atoms. The van der Waals surface area contributed by atoms with Crippen LogP contribution in [0.3, 0.4) is 0 Å². The number of amidine groups is 1. The summed E-state index contributed by atoms with van der Waals surface area (Å²) in [6, 6.07) is 0.124. The number of oxime groups is 1. The highest BCUT2D eigenvalue weighted by molar-refractivity contribution is 7.09. The molecule has 1 atom stereocenters. The molecule has 1 rings (SSSR count). The summed E-state index contributed by atoms with van der Waals surface area (Å²) in [7, 11) is 1.90. The first-order chi connectivity index (χ1) is 6.65. The second-order valence-corrected chi connectivity index (χ2v) is 3.74. The van der Waals surface area contributed by atoms with Crippen molar-refractivity contribution in [3.8, 4) is 0 Å². The molecule has 0 saturated heterocycles. The number of hydrogen-bond donors (Lipinski definition) is 2. The van der Waals surface area contributed by atoms with E-state index >= 15 is 0 Å². The minimum atomic E-state index is 0.124. The number of aromatic nitrogens is 2. The van der Waals surface area contributed by atoms with Crippen LogP contribution < -0.4 is 10.6 Å².